The Morgan fingerprint density at radius 3 is 1.89 bits per heavy atom. The van der Waals surface area contributed by atoms with Crippen LogP contribution in [-0.2, 0) is 20.9 Å². The number of benzene rings is 3. The second kappa shape index (κ2) is 8.54. The fourth-order valence-electron chi connectivity index (χ4n) is 3.81. The maximum absolute atomic E-state index is 12.8. The van der Waals surface area contributed by atoms with Gasteiger partial charge in [-0.05, 0) is 61.7 Å². The fourth-order valence-corrected chi connectivity index (χ4v) is 3.81. The average Bonchev–Trinajstić information content (AvgIpc) is 2.64. The lowest BCUT2D eigenvalue weighted by atomic mass is 9.82. The predicted octanol–water partition coefficient (Wildman–Crippen LogP) is 5.99. The first-order valence-corrected chi connectivity index (χ1v) is 9.35. The number of ether oxygens (including phenoxy) is 2. The van der Waals surface area contributed by atoms with Crippen LogP contribution in [0.25, 0.3) is 21.5 Å². The second-order valence-corrected chi connectivity index (χ2v) is 8.40. The molecule has 3 rings (SSSR count). The van der Waals surface area contributed by atoms with Gasteiger partial charge >= 0.3 is 5.97 Å². The van der Waals surface area contributed by atoms with E-state index in [2.05, 4.69) is 30.3 Å². The highest BCUT2D eigenvalue weighted by molar-refractivity contribution is 7.59. The lowest BCUT2D eigenvalue weighted by Gasteiger charge is -2.32. The number of carbonyl (C=O) groups excluding carboxylic acids is 1. The Morgan fingerprint density at radius 2 is 1.39 bits per heavy atom. The maximum atomic E-state index is 12.8. The summed E-state index contributed by atoms with van der Waals surface area (Å²) in [5.41, 5.74) is 0.0491. The monoisotopic (exact) mass is 398 g/mol. The number of carbonyl (C=O) groups is 1. The summed E-state index contributed by atoms with van der Waals surface area (Å²) in [7, 11) is 1.67. The van der Waals surface area contributed by atoms with Gasteiger partial charge in [0.05, 0.1) is 11.0 Å². The molecular weight excluding hydrogens is 368 g/mol. The quantitative estimate of drug-likeness (QED) is 0.378. The summed E-state index contributed by atoms with van der Waals surface area (Å²) in [6, 6.07) is 18.7. The minimum Gasteiger partial charge on any atom is -0.460 e. The molecule has 28 heavy (non-hydrogen) atoms. The lowest BCUT2D eigenvalue weighted by Crippen LogP contribution is -2.36. The SMILES string of the molecule is COC(C)(C)CC(C)(C)C(=O)OCc1c2ccccc2cc2ccccc12.S. The van der Waals surface area contributed by atoms with Crippen molar-refractivity contribution in [2.24, 2.45) is 5.41 Å². The molecule has 0 aliphatic carbocycles. The van der Waals surface area contributed by atoms with Crippen molar-refractivity contribution in [3.8, 4) is 0 Å². The highest BCUT2D eigenvalue weighted by Crippen LogP contribution is 2.33. The summed E-state index contributed by atoms with van der Waals surface area (Å²) in [6.45, 7) is 8.06. The van der Waals surface area contributed by atoms with Gasteiger partial charge in [0, 0.05) is 12.7 Å². The molecule has 0 aliphatic heterocycles. The number of rotatable bonds is 6. The molecule has 0 N–H and O–H groups in total. The first-order valence-electron chi connectivity index (χ1n) is 9.35. The third kappa shape index (κ3) is 4.68. The molecule has 0 radical (unpaired) electrons. The van der Waals surface area contributed by atoms with E-state index >= 15 is 0 Å². The van der Waals surface area contributed by atoms with Gasteiger partial charge in [-0.15, -0.1) is 0 Å². The minimum absolute atomic E-state index is 0. The van der Waals surface area contributed by atoms with Crippen LogP contribution in [-0.4, -0.2) is 18.7 Å². The van der Waals surface area contributed by atoms with E-state index in [1.807, 2.05) is 52.0 Å². The van der Waals surface area contributed by atoms with Crippen molar-refractivity contribution in [3.05, 3.63) is 60.2 Å². The van der Waals surface area contributed by atoms with Crippen LogP contribution >= 0.6 is 13.5 Å². The van der Waals surface area contributed by atoms with Gasteiger partial charge in [0.2, 0.25) is 0 Å². The summed E-state index contributed by atoms with van der Waals surface area (Å²) in [5, 5.41) is 4.56. The van der Waals surface area contributed by atoms with Crippen LogP contribution in [0.15, 0.2) is 54.6 Å². The summed E-state index contributed by atoms with van der Waals surface area (Å²) in [4.78, 5) is 12.8. The fraction of sp³-hybridized carbons (Fsp3) is 0.375. The van der Waals surface area contributed by atoms with Crippen LogP contribution in [0.3, 0.4) is 0 Å². The van der Waals surface area contributed by atoms with Crippen molar-refractivity contribution in [1.82, 2.24) is 0 Å². The average molecular weight is 399 g/mol. The molecule has 0 bridgehead atoms. The van der Waals surface area contributed by atoms with Gasteiger partial charge in [-0.2, -0.15) is 13.5 Å². The van der Waals surface area contributed by atoms with Crippen molar-refractivity contribution >= 4 is 41.0 Å². The second-order valence-electron chi connectivity index (χ2n) is 8.40. The van der Waals surface area contributed by atoms with Crippen LogP contribution in [0.1, 0.15) is 39.7 Å². The smallest absolute Gasteiger partial charge is 0.311 e. The largest absolute Gasteiger partial charge is 0.460 e. The van der Waals surface area contributed by atoms with Gasteiger partial charge in [0.25, 0.3) is 0 Å². The molecule has 0 aliphatic rings. The van der Waals surface area contributed by atoms with E-state index in [0.29, 0.717) is 6.42 Å². The molecule has 0 amide bonds. The van der Waals surface area contributed by atoms with Crippen molar-refractivity contribution in [3.63, 3.8) is 0 Å². The van der Waals surface area contributed by atoms with E-state index in [1.165, 1.54) is 0 Å². The van der Waals surface area contributed by atoms with E-state index in [9.17, 15) is 4.79 Å². The van der Waals surface area contributed by atoms with Crippen molar-refractivity contribution in [1.29, 1.82) is 0 Å². The molecule has 4 heteroatoms. The van der Waals surface area contributed by atoms with Gasteiger partial charge in [0.15, 0.2) is 0 Å². The van der Waals surface area contributed by atoms with Gasteiger partial charge in [-0.1, -0.05) is 48.5 Å². The van der Waals surface area contributed by atoms with Crippen LogP contribution in [0.5, 0.6) is 0 Å². The third-order valence-corrected chi connectivity index (χ3v) is 5.20. The summed E-state index contributed by atoms with van der Waals surface area (Å²) in [5.74, 6) is -0.204. The molecule has 0 fully saturated rings. The van der Waals surface area contributed by atoms with Crippen LogP contribution < -0.4 is 0 Å². The van der Waals surface area contributed by atoms with Gasteiger partial charge in [-0.25, -0.2) is 0 Å². The minimum atomic E-state index is -0.625. The molecule has 0 aromatic heterocycles. The van der Waals surface area contributed by atoms with Gasteiger partial charge in [-0.3, -0.25) is 4.79 Å². The Morgan fingerprint density at radius 1 is 0.893 bits per heavy atom. The predicted molar refractivity (Wildman–Crippen MR) is 121 cm³/mol. The van der Waals surface area contributed by atoms with Gasteiger partial charge < -0.3 is 9.47 Å². The molecule has 150 valence electrons. The zero-order valence-corrected chi connectivity index (χ0v) is 18.3. The van der Waals surface area contributed by atoms with Gasteiger partial charge in [0.1, 0.15) is 6.61 Å². The van der Waals surface area contributed by atoms with Crippen LogP contribution in [0.4, 0.5) is 0 Å². The van der Waals surface area contributed by atoms with Crippen LogP contribution in [0, 0.1) is 5.41 Å². The van der Waals surface area contributed by atoms with E-state index in [1.54, 1.807) is 7.11 Å². The molecule has 0 spiro atoms. The first-order chi connectivity index (χ1) is 12.7. The number of hydrogen-bond acceptors (Lipinski definition) is 3. The third-order valence-electron chi connectivity index (χ3n) is 5.20. The van der Waals surface area contributed by atoms with Crippen LogP contribution in [0.2, 0.25) is 0 Å². The molecule has 0 saturated heterocycles. The summed E-state index contributed by atoms with van der Waals surface area (Å²) < 4.78 is 11.3. The Labute approximate surface area is 174 Å². The van der Waals surface area contributed by atoms with Crippen molar-refractivity contribution in [2.45, 2.75) is 46.3 Å². The van der Waals surface area contributed by atoms with E-state index in [0.717, 1.165) is 27.1 Å². The van der Waals surface area contributed by atoms with E-state index in [-0.39, 0.29) is 31.7 Å². The molecule has 0 saturated carbocycles. The molecule has 0 atom stereocenters. The normalized spacial score (nSPS) is 12.0. The number of hydrogen-bond donors (Lipinski definition) is 0. The molecule has 3 nitrogen and oxygen atoms in total. The standard InChI is InChI=1S/C24H28O3.H2S/c1-23(2,16-24(3,4)26-5)22(25)27-15-21-19-12-8-6-10-17(19)14-18-11-7-9-13-20(18)21;/h6-14H,15-16H2,1-5H3;1H2. The Kier molecular flexibility index (Phi) is 6.79. The Bertz CT molecular complexity index is 922. The number of methoxy groups -OCH3 is 1. The summed E-state index contributed by atoms with van der Waals surface area (Å²) >= 11 is 0. The molecule has 0 heterocycles. The number of esters is 1. The highest BCUT2D eigenvalue weighted by Gasteiger charge is 2.36. The van der Waals surface area contributed by atoms with E-state index < -0.39 is 5.41 Å². The first kappa shape index (κ1) is 22.3. The molecule has 3 aromatic carbocycles. The lowest BCUT2D eigenvalue weighted by molar-refractivity contribution is -0.159. The highest BCUT2D eigenvalue weighted by atomic mass is 32.1. The van der Waals surface area contributed by atoms with Crippen molar-refractivity contribution < 1.29 is 14.3 Å². The Hall–Kier alpha value is -2.04. The zero-order valence-electron chi connectivity index (χ0n) is 17.3. The maximum Gasteiger partial charge on any atom is 0.311 e. The summed E-state index contributed by atoms with van der Waals surface area (Å²) in [6.07, 6.45) is 0.589. The number of fused-ring (bicyclic) bond motifs is 2. The molecule has 3 aromatic rings. The molecule has 0 unspecified atom stereocenters. The topological polar surface area (TPSA) is 35.5 Å². The molecular formula is C24H30O3S. The van der Waals surface area contributed by atoms with Crippen molar-refractivity contribution in [2.75, 3.05) is 7.11 Å². The Balaban J connectivity index is 0.00000280. The van der Waals surface area contributed by atoms with E-state index in [4.69, 9.17) is 9.47 Å². The zero-order chi connectivity index (χ0) is 19.7.